The molecule has 1 atom stereocenters. The van der Waals surface area contributed by atoms with Gasteiger partial charge in [0.05, 0.1) is 24.1 Å². The van der Waals surface area contributed by atoms with Crippen molar-refractivity contribution in [3.8, 4) is 0 Å². The lowest BCUT2D eigenvalue weighted by Crippen LogP contribution is -2.45. The summed E-state index contributed by atoms with van der Waals surface area (Å²) < 4.78 is 0. The molecule has 3 rings (SSSR count). The van der Waals surface area contributed by atoms with E-state index in [0.29, 0.717) is 0 Å². The molecular weight excluding hydrogens is 266 g/mol. The Morgan fingerprint density at radius 3 is 2.00 bits per heavy atom. The van der Waals surface area contributed by atoms with Gasteiger partial charge in [-0.1, -0.05) is 36.0 Å². The minimum absolute atomic E-state index is 0.000729. The Bertz CT molecular complexity index is 567. The molecule has 1 heterocycles. The number of nitrogens with two attached hydrogens (primary N) is 1. The van der Waals surface area contributed by atoms with E-state index < -0.39 is 0 Å². The molecule has 0 aromatic heterocycles. The second-order valence-electron chi connectivity index (χ2n) is 5.18. The van der Waals surface area contributed by atoms with Gasteiger partial charge in [-0.25, -0.2) is 0 Å². The van der Waals surface area contributed by atoms with Crippen molar-refractivity contribution in [3.63, 3.8) is 0 Å². The van der Waals surface area contributed by atoms with Crippen LogP contribution in [0.2, 0.25) is 0 Å². The second-order valence-corrected chi connectivity index (χ2v) is 6.26. The summed E-state index contributed by atoms with van der Waals surface area (Å²) in [6.07, 6.45) is -0.000729. The van der Waals surface area contributed by atoms with Gasteiger partial charge in [-0.3, -0.25) is 4.90 Å². The van der Waals surface area contributed by atoms with Gasteiger partial charge >= 0.3 is 0 Å². The van der Waals surface area contributed by atoms with Crippen LogP contribution in [-0.4, -0.2) is 31.7 Å². The fourth-order valence-corrected chi connectivity index (χ4v) is 3.42. The molecule has 1 aliphatic rings. The summed E-state index contributed by atoms with van der Waals surface area (Å²) in [5.41, 5.74) is 8.73. The Morgan fingerprint density at radius 1 is 1.00 bits per heavy atom. The molecule has 0 radical (unpaired) electrons. The molecule has 20 heavy (non-hydrogen) atoms. The van der Waals surface area contributed by atoms with Gasteiger partial charge in [-0.05, 0) is 38.4 Å². The van der Waals surface area contributed by atoms with Crippen LogP contribution in [0.4, 0.5) is 11.4 Å². The average Bonchev–Trinajstić information content (AvgIpc) is 2.46. The number of nitrogens with zero attached hydrogens (tertiary/aromatic N) is 2. The maximum absolute atomic E-state index is 6.24. The highest BCUT2D eigenvalue weighted by Crippen LogP contribution is 2.47. The van der Waals surface area contributed by atoms with E-state index in [1.165, 1.54) is 21.2 Å². The lowest BCUT2D eigenvalue weighted by atomic mass is 10.2. The quantitative estimate of drug-likeness (QED) is 0.878. The first-order valence-electron chi connectivity index (χ1n) is 6.72. The van der Waals surface area contributed by atoms with Gasteiger partial charge in [0.2, 0.25) is 0 Å². The monoisotopic (exact) mass is 285 g/mol. The highest BCUT2D eigenvalue weighted by molar-refractivity contribution is 7.99. The van der Waals surface area contributed by atoms with Crippen LogP contribution < -0.4 is 10.6 Å². The van der Waals surface area contributed by atoms with Crippen molar-refractivity contribution in [3.05, 3.63) is 48.5 Å². The predicted octanol–water partition coefficient (Wildman–Crippen LogP) is 3.14. The van der Waals surface area contributed by atoms with Crippen molar-refractivity contribution in [2.24, 2.45) is 5.73 Å². The van der Waals surface area contributed by atoms with E-state index in [4.69, 9.17) is 5.73 Å². The van der Waals surface area contributed by atoms with Crippen LogP contribution >= 0.6 is 11.8 Å². The van der Waals surface area contributed by atoms with Crippen LogP contribution in [0, 0.1) is 0 Å². The third-order valence-electron chi connectivity index (χ3n) is 3.56. The van der Waals surface area contributed by atoms with E-state index in [2.05, 4.69) is 53.4 Å². The lowest BCUT2D eigenvalue weighted by molar-refractivity contribution is 0.306. The van der Waals surface area contributed by atoms with E-state index in [0.717, 1.165) is 6.54 Å². The molecular formula is C16H19N3S. The number of para-hydroxylation sites is 2. The topological polar surface area (TPSA) is 32.5 Å². The first-order valence-corrected chi connectivity index (χ1v) is 7.54. The van der Waals surface area contributed by atoms with E-state index in [-0.39, 0.29) is 6.17 Å². The Labute approximate surface area is 124 Å². The number of rotatable bonds is 3. The smallest absolute Gasteiger partial charge is 0.0752 e. The van der Waals surface area contributed by atoms with E-state index in [9.17, 15) is 0 Å². The number of benzene rings is 2. The maximum Gasteiger partial charge on any atom is 0.0752 e. The van der Waals surface area contributed by atoms with E-state index in [1.54, 1.807) is 0 Å². The Balaban J connectivity index is 2.03. The standard InChI is InChI=1S/C16H19N3S/c1-18(2)16(17)11-19-12-7-3-5-9-14(12)20-15-10-6-4-8-13(15)19/h3-10,16H,11,17H2,1-2H3. The second kappa shape index (κ2) is 5.48. The molecule has 0 amide bonds. The zero-order valence-electron chi connectivity index (χ0n) is 11.8. The van der Waals surface area contributed by atoms with Gasteiger partial charge in [0, 0.05) is 9.79 Å². The highest BCUT2D eigenvalue weighted by atomic mass is 32.2. The zero-order chi connectivity index (χ0) is 14.1. The maximum atomic E-state index is 6.24. The molecule has 1 aliphatic heterocycles. The molecule has 0 saturated carbocycles. The summed E-state index contributed by atoms with van der Waals surface area (Å²) in [4.78, 5) is 6.95. The van der Waals surface area contributed by atoms with Gasteiger partial charge < -0.3 is 10.6 Å². The van der Waals surface area contributed by atoms with Crippen LogP contribution in [0.15, 0.2) is 58.3 Å². The number of anilines is 2. The summed E-state index contributed by atoms with van der Waals surface area (Å²) >= 11 is 1.83. The molecule has 0 spiro atoms. The largest absolute Gasteiger partial charge is 0.337 e. The molecule has 0 saturated heterocycles. The van der Waals surface area contributed by atoms with Crippen LogP contribution in [0.1, 0.15) is 0 Å². The van der Waals surface area contributed by atoms with Crippen molar-refractivity contribution >= 4 is 23.1 Å². The van der Waals surface area contributed by atoms with Crippen molar-refractivity contribution in [1.82, 2.24) is 4.90 Å². The van der Waals surface area contributed by atoms with Crippen LogP contribution in [0.3, 0.4) is 0 Å². The number of fused-ring (bicyclic) bond motifs is 2. The SMILES string of the molecule is CN(C)C(N)CN1c2ccccc2Sc2ccccc21. The fourth-order valence-electron chi connectivity index (χ4n) is 2.33. The van der Waals surface area contributed by atoms with E-state index >= 15 is 0 Å². The summed E-state index contributed by atoms with van der Waals surface area (Å²) in [7, 11) is 4.03. The van der Waals surface area contributed by atoms with Gasteiger partial charge in [0.25, 0.3) is 0 Å². The highest BCUT2D eigenvalue weighted by Gasteiger charge is 2.24. The summed E-state index contributed by atoms with van der Waals surface area (Å²) in [6, 6.07) is 17.0. The van der Waals surface area contributed by atoms with Gasteiger partial charge in [-0.2, -0.15) is 0 Å². The van der Waals surface area contributed by atoms with Crippen LogP contribution in [0.25, 0.3) is 0 Å². The molecule has 2 aromatic carbocycles. The molecule has 1 unspecified atom stereocenters. The minimum Gasteiger partial charge on any atom is -0.337 e. The first-order chi connectivity index (χ1) is 9.66. The fraction of sp³-hybridized carbons (Fsp3) is 0.250. The summed E-state index contributed by atoms with van der Waals surface area (Å²) in [5.74, 6) is 0. The molecule has 2 aromatic rings. The van der Waals surface area contributed by atoms with Crippen LogP contribution in [0.5, 0.6) is 0 Å². The van der Waals surface area contributed by atoms with Crippen molar-refractivity contribution < 1.29 is 0 Å². The molecule has 0 bridgehead atoms. The number of likely N-dealkylation sites (N-methyl/N-ethyl adjacent to an activating group) is 1. The zero-order valence-corrected chi connectivity index (χ0v) is 12.6. The Morgan fingerprint density at radius 2 is 1.50 bits per heavy atom. The molecule has 2 N–H and O–H groups in total. The third-order valence-corrected chi connectivity index (χ3v) is 4.70. The minimum atomic E-state index is -0.000729. The predicted molar refractivity (Wildman–Crippen MR) is 85.7 cm³/mol. The average molecular weight is 285 g/mol. The summed E-state index contributed by atoms with van der Waals surface area (Å²) in [6.45, 7) is 0.779. The number of hydrogen-bond donors (Lipinski definition) is 1. The van der Waals surface area contributed by atoms with Gasteiger partial charge in [0.15, 0.2) is 0 Å². The molecule has 3 nitrogen and oxygen atoms in total. The van der Waals surface area contributed by atoms with Crippen LogP contribution in [-0.2, 0) is 0 Å². The summed E-state index contributed by atoms with van der Waals surface area (Å²) in [5, 5.41) is 0. The van der Waals surface area contributed by atoms with Gasteiger partial charge in [-0.15, -0.1) is 0 Å². The van der Waals surface area contributed by atoms with Gasteiger partial charge in [0.1, 0.15) is 0 Å². The lowest BCUT2D eigenvalue weighted by Gasteiger charge is -2.35. The number of hydrogen-bond acceptors (Lipinski definition) is 4. The molecule has 104 valence electrons. The van der Waals surface area contributed by atoms with E-state index in [1.807, 2.05) is 30.8 Å². The third kappa shape index (κ3) is 2.42. The Hall–Kier alpha value is -1.49. The molecule has 0 fully saturated rings. The first kappa shape index (κ1) is 13.5. The molecule has 0 aliphatic carbocycles. The van der Waals surface area contributed by atoms with Crippen molar-refractivity contribution in [1.29, 1.82) is 0 Å². The normalized spacial score (nSPS) is 14.9. The molecule has 4 heteroatoms. The van der Waals surface area contributed by atoms with Crippen molar-refractivity contribution in [2.75, 3.05) is 25.5 Å². The Kier molecular flexibility index (Phi) is 3.70. The van der Waals surface area contributed by atoms with Crippen molar-refractivity contribution in [2.45, 2.75) is 16.0 Å².